The molecule has 68 valence electrons. The lowest BCUT2D eigenvalue weighted by Gasteiger charge is -2.01. The molecule has 1 aromatic heterocycles. The Labute approximate surface area is 87.7 Å². The first-order valence-electron chi connectivity index (χ1n) is 3.60. The number of fused-ring (bicyclic) bond motifs is 1. The fourth-order valence-electron chi connectivity index (χ4n) is 1.15. The Hall–Kier alpha value is -0.810. The van der Waals surface area contributed by atoms with Gasteiger partial charge in [-0.25, -0.2) is 4.98 Å². The van der Waals surface area contributed by atoms with E-state index in [0.29, 0.717) is 5.69 Å². The minimum absolute atomic E-state index is 0.695. The molecule has 0 unspecified atom stereocenters. The van der Waals surface area contributed by atoms with Gasteiger partial charge in [0.05, 0.1) is 11.8 Å². The third-order valence-electron chi connectivity index (χ3n) is 1.68. The van der Waals surface area contributed by atoms with Gasteiger partial charge in [0, 0.05) is 11.8 Å². The SMILES string of the molecule is COc1cc(N)cc2sc(Br)nc12. The molecule has 5 heteroatoms. The molecule has 0 aliphatic carbocycles. The van der Waals surface area contributed by atoms with Crippen LogP contribution in [0.4, 0.5) is 5.69 Å². The summed E-state index contributed by atoms with van der Waals surface area (Å²) in [4.78, 5) is 4.28. The third kappa shape index (κ3) is 1.49. The normalized spacial score (nSPS) is 10.6. The Morgan fingerprint density at radius 2 is 2.31 bits per heavy atom. The average Bonchev–Trinajstić information content (AvgIpc) is 2.43. The zero-order valence-electron chi connectivity index (χ0n) is 6.87. The lowest BCUT2D eigenvalue weighted by Crippen LogP contribution is -1.88. The number of halogens is 1. The van der Waals surface area contributed by atoms with Crippen molar-refractivity contribution in [3.63, 3.8) is 0 Å². The second-order valence-corrected chi connectivity index (χ2v) is 4.84. The molecule has 0 aliphatic rings. The first-order chi connectivity index (χ1) is 6.20. The summed E-state index contributed by atoms with van der Waals surface area (Å²) >= 11 is 4.86. The molecule has 1 aromatic carbocycles. The molecule has 1 heterocycles. The molecule has 0 spiro atoms. The minimum atomic E-state index is 0.695. The highest BCUT2D eigenvalue weighted by Gasteiger charge is 2.07. The van der Waals surface area contributed by atoms with E-state index in [0.717, 1.165) is 19.9 Å². The molecule has 2 rings (SSSR count). The first kappa shape index (κ1) is 8.77. The summed E-state index contributed by atoms with van der Waals surface area (Å²) in [5.74, 6) is 0.719. The largest absolute Gasteiger partial charge is 0.494 e. The van der Waals surface area contributed by atoms with Crippen LogP contribution in [0.3, 0.4) is 0 Å². The zero-order chi connectivity index (χ0) is 9.42. The van der Waals surface area contributed by atoms with Gasteiger partial charge in [-0.1, -0.05) is 0 Å². The summed E-state index contributed by atoms with van der Waals surface area (Å²) in [6.45, 7) is 0. The number of nitrogens with zero attached hydrogens (tertiary/aromatic N) is 1. The van der Waals surface area contributed by atoms with E-state index in [1.54, 1.807) is 24.5 Å². The van der Waals surface area contributed by atoms with Gasteiger partial charge < -0.3 is 10.5 Å². The monoisotopic (exact) mass is 258 g/mol. The summed E-state index contributed by atoms with van der Waals surface area (Å²) in [7, 11) is 1.61. The number of hydrogen-bond donors (Lipinski definition) is 1. The van der Waals surface area contributed by atoms with Crippen LogP contribution in [0.1, 0.15) is 0 Å². The van der Waals surface area contributed by atoms with E-state index in [1.165, 1.54) is 0 Å². The van der Waals surface area contributed by atoms with Crippen LogP contribution < -0.4 is 10.5 Å². The predicted molar refractivity (Wildman–Crippen MR) is 58.3 cm³/mol. The third-order valence-corrected chi connectivity index (χ3v) is 3.13. The number of nitrogens with two attached hydrogens (primary N) is 1. The van der Waals surface area contributed by atoms with Crippen LogP contribution in [0.5, 0.6) is 5.75 Å². The standard InChI is InChI=1S/C8H7BrN2OS/c1-12-5-2-4(10)3-6-7(5)11-8(9)13-6/h2-3H,10H2,1H3. The molecule has 2 aromatic rings. The lowest BCUT2D eigenvalue weighted by atomic mass is 10.3. The van der Waals surface area contributed by atoms with Crippen LogP contribution >= 0.6 is 27.3 Å². The number of methoxy groups -OCH3 is 1. The van der Waals surface area contributed by atoms with Gasteiger partial charge in [-0.2, -0.15) is 0 Å². The number of nitrogen functional groups attached to an aromatic ring is 1. The molecule has 0 radical (unpaired) electrons. The van der Waals surface area contributed by atoms with Crippen LogP contribution in [-0.2, 0) is 0 Å². The van der Waals surface area contributed by atoms with Crippen molar-refractivity contribution in [2.45, 2.75) is 0 Å². The number of hydrogen-bond acceptors (Lipinski definition) is 4. The maximum atomic E-state index is 5.69. The Bertz CT molecular complexity index is 455. The molecule has 0 aliphatic heterocycles. The molecule has 0 saturated carbocycles. The van der Waals surface area contributed by atoms with E-state index < -0.39 is 0 Å². The predicted octanol–water partition coefficient (Wildman–Crippen LogP) is 2.65. The summed E-state index contributed by atoms with van der Waals surface area (Å²) in [5.41, 5.74) is 7.24. The molecular formula is C8H7BrN2OS. The number of thiazole rings is 1. The van der Waals surface area contributed by atoms with Gasteiger partial charge in [0.2, 0.25) is 0 Å². The van der Waals surface area contributed by atoms with Gasteiger partial charge in [-0.3, -0.25) is 0 Å². The van der Waals surface area contributed by atoms with Crippen molar-refractivity contribution in [1.82, 2.24) is 4.98 Å². The molecule has 0 bridgehead atoms. The summed E-state index contributed by atoms with van der Waals surface area (Å²) in [6, 6.07) is 3.66. The van der Waals surface area contributed by atoms with Crippen molar-refractivity contribution < 1.29 is 4.74 Å². The molecule has 3 nitrogen and oxygen atoms in total. The van der Waals surface area contributed by atoms with Crippen molar-refractivity contribution in [3.8, 4) is 5.75 Å². The van der Waals surface area contributed by atoms with Crippen molar-refractivity contribution >= 4 is 43.2 Å². The van der Waals surface area contributed by atoms with Crippen LogP contribution in [0.25, 0.3) is 10.2 Å². The van der Waals surface area contributed by atoms with Gasteiger partial charge in [-0.15, -0.1) is 11.3 Å². The highest BCUT2D eigenvalue weighted by Crippen LogP contribution is 2.34. The highest BCUT2D eigenvalue weighted by atomic mass is 79.9. The smallest absolute Gasteiger partial charge is 0.160 e. The van der Waals surface area contributed by atoms with Crippen molar-refractivity contribution in [2.75, 3.05) is 12.8 Å². The fraction of sp³-hybridized carbons (Fsp3) is 0.125. The fourth-order valence-corrected chi connectivity index (χ4v) is 2.60. The maximum absolute atomic E-state index is 5.69. The van der Waals surface area contributed by atoms with Crippen molar-refractivity contribution in [2.24, 2.45) is 0 Å². The molecule has 2 N–H and O–H groups in total. The van der Waals surface area contributed by atoms with Gasteiger partial charge in [-0.05, 0) is 22.0 Å². The Morgan fingerprint density at radius 1 is 1.54 bits per heavy atom. The Kier molecular flexibility index (Phi) is 2.13. The van der Waals surface area contributed by atoms with Crippen molar-refractivity contribution in [3.05, 3.63) is 16.0 Å². The first-order valence-corrected chi connectivity index (χ1v) is 5.21. The molecular weight excluding hydrogens is 252 g/mol. The van der Waals surface area contributed by atoms with E-state index in [2.05, 4.69) is 20.9 Å². The lowest BCUT2D eigenvalue weighted by molar-refractivity contribution is 0.419. The number of aromatic nitrogens is 1. The molecule has 13 heavy (non-hydrogen) atoms. The topological polar surface area (TPSA) is 48.1 Å². The van der Waals surface area contributed by atoms with E-state index in [9.17, 15) is 0 Å². The van der Waals surface area contributed by atoms with E-state index in [4.69, 9.17) is 10.5 Å². The van der Waals surface area contributed by atoms with E-state index in [1.807, 2.05) is 6.07 Å². The van der Waals surface area contributed by atoms with E-state index in [-0.39, 0.29) is 0 Å². The van der Waals surface area contributed by atoms with Crippen molar-refractivity contribution in [1.29, 1.82) is 0 Å². The summed E-state index contributed by atoms with van der Waals surface area (Å²) in [6.07, 6.45) is 0. The molecule has 0 fully saturated rings. The van der Waals surface area contributed by atoms with Crippen LogP contribution in [-0.4, -0.2) is 12.1 Å². The minimum Gasteiger partial charge on any atom is -0.494 e. The number of anilines is 1. The average molecular weight is 259 g/mol. The summed E-state index contributed by atoms with van der Waals surface area (Å²) in [5, 5.41) is 0. The van der Waals surface area contributed by atoms with Gasteiger partial charge >= 0.3 is 0 Å². The van der Waals surface area contributed by atoms with Gasteiger partial charge in [0.15, 0.2) is 3.92 Å². The zero-order valence-corrected chi connectivity index (χ0v) is 9.28. The van der Waals surface area contributed by atoms with Gasteiger partial charge in [0.25, 0.3) is 0 Å². The maximum Gasteiger partial charge on any atom is 0.160 e. The Morgan fingerprint density at radius 3 is 3.00 bits per heavy atom. The number of rotatable bonds is 1. The van der Waals surface area contributed by atoms with E-state index >= 15 is 0 Å². The van der Waals surface area contributed by atoms with Gasteiger partial charge in [0.1, 0.15) is 11.3 Å². The second kappa shape index (κ2) is 3.16. The molecule has 0 saturated heterocycles. The quantitative estimate of drug-likeness (QED) is 0.801. The number of benzene rings is 1. The van der Waals surface area contributed by atoms with Crippen LogP contribution in [0.15, 0.2) is 16.0 Å². The van der Waals surface area contributed by atoms with Crippen LogP contribution in [0.2, 0.25) is 0 Å². The molecule has 0 atom stereocenters. The molecule has 0 amide bonds. The summed E-state index contributed by atoms with van der Waals surface area (Å²) < 4.78 is 7.04. The second-order valence-electron chi connectivity index (χ2n) is 2.54. The Balaban J connectivity index is 2.80. The number of ether oxygens (including phenoxy) is 1. The van der Waals surface area contributed by atoms with Crippen LogP contribution in [0, 0.1) is 0 Å². The highest BCUT2D eigenvalue weighted by molar-refractivity contribution is 9.11.